The molecule has 3 rings (SSSR count). The lowest BCUT2D eigenvalue weighted by atomic mass is 10.0. The molecule has 1 aromatic carbocycles. The summed E-state index contributed by atoms with van der Waals surface area (Å²) in [4.78, 5) is 19.5. The van der Waals surface area contributed by atoms with Crippen LogP contribution in [-0.2, 0) is 9.47 Å². The van der Waals surface area contributed by atoms with Gasteiger partial charge in [0.05, 0.1) is 29.0 Å². The number of alkyl halides is 2. The van der Waals surface area contributed by atoms with E-state index in [1.807, 2.05) is 18.2 Å². The fraction of sp³-hybridized carbons (Fsp3) is 0.357. The van der Waals surface area contributed by atoms with Crippen LogP contribution in [0.25, 0.3) is 10.9 Å². The van der Waals surface area contributed by atoms with E-state index in [1.165, 1.54) is 0 Å². The van der Waals surface area contributed by atoms with Crippen molar-refractivity contribution in [2.24, 2.45) is 5.73 Å². The van der Waals surface area contributed by atoms with Gasteiger partial charge in [-0.15, -0.1) is 0 Å². The van der Waals surface area contributed by atoms with E-state index in [1.54, 1.807) is 0 Å². The Morgan fingerprint density at radius 1 is 1.46 bits per heavy atom. The van der Waals surface area contributed by atoms with Crippen LogP contribution in [0.2, 0.25) is 5.28 Å². The Morgan fingerprint density at radius 3 is 2.79 bits per heavy atom. The number of nitrogens with two attached hydrogens (primary N) is 1. The van der Waals surface area contributed by atoms with Crippen molar-refractivity contribution in [3.63, 3.8) is 0 Å². The van der Waals surface area contributed by atoms with Crippen LogP contribution < -0.4 is 11.1 Å². The number of anilines is 1. The van der Waals surface area contributed by atoms with Crippen molar-refractivity contribution < 1.29 is 14.3 Å². The molecule has 0 spiro atoms. The van der Waals surface area contributed by atoms with Gasteiger partial charge < -0.3 is 20.5 Å². The maximum Gasteiger partial charge on any atom is 0.405 e. The summed E-state index contributed by atoms with van der Waals surface area (Å²) in [5.74, 6) is 0.548. The molecule has 0 bridgehead atoms. The minimum absolute atomic E-state index is 0.00231. The first-order chi connectivity index (χ1) is 11.4. The van der Waals surface area contributed by atoms with Gasteiger partial charge in [0.15, 0.2) is 5.60 Å². The number of ether oxygens (including phenoxy) is 2. The van der Waals surface area contributed by atoms with Crippen molar-refractivity contribution in [2.45, 2.75) is 9.34 Å². The van der Waals surface area contributed by atoms with Crippen molar-refractivity contribution in [1.29, 1.82) is 0 Å². The second kappa shape index (κ2) is 6.99. The number of nitrogens with one attached hydrogen (secondary N) is 1. The van der Waals surface area contributed by atoms with Crippen LogP contribution in [-0.4, -0.2) is 41.4 Å². The van der Waals surface area contributed by atoms with Crippen molar-refractivity contribution in [2.75, 3.05) is 25.1 Å². The highest BCUT2D eigenvalue weighted by molar-refractivity contribution is 9.24. The number of fused-ring (bicyclic) bond motifs is 1. The fourth-order valence-corrected chi connectivity index (χ4v) is 3.12. The Hall–Kier alpha value is -1.16. The molecule has 0 atom stereocenters. The lowest BCUT2D eigenvalue weighted by Gasteiger charge is -2.40. The highest BCUT2D eigenvalue weighted by atomic mass is 79.9. The maximum atomic E-state index is 11.1. The molecule has 1 fully saturated rings. The smallest absolute Gasteiger partial charge is 0.405 e. The number of halogens is 3. The van der Waals surface area contributed by atoms with E-state index in [2.05, 4.69) is 47.1 Å². The summed E-state index contributed by atoms with van der Waals surface area (Å²) in [6.45, 7) is 0.848. The third-order valence-electron chi connectivity index (χ3n) is 3.57. The molecule has 128 valence electrons. The Labute approximate surface area is 159 Å². The summed E-state index contributed by atoms with van der Waals surface area (Å²) in [6.07, 6.45) is -0.839. The van der Waals surface area contributed by atoms with Crippen LogP contribution >= 0.6 is 43.5 Å². The molecule has 1 amide bonds. The number of hydrogen-bond donors (Lipinski definition) is 2. The predicted molar refractivity (Wildman–Crippen MR) is 97.9 cm³/mol. The zero-order valence-electron chi connectivity index (χ0n) is 12.3. The molecular formula is C14H13Br2ClN4O3. The molecule has 24 heavy (non-hydrogen) atoms. The van der Waals surface area contributed by atoms with Gasteiger partial charge in [-0.25, -0.2) is 14.8 Å². The van der Waals surface area contributed by atoms with Gasteiger partial charge in [0.1, 0.15) is 5.82 Å². The molecular weight excluding hydrogens is 467 g/mol. The quantitative estimate of drug-likeness (QED) is 0.503. The number of primary amides is 1. The average molecular weight is 481 g/mol. The zero-order valence-corrected chi connectivity index (χ0v) is 16.2. The summed E-state index contributed by atoms with van der Waals surface area (Å²) in [7, 11) is 0. The molecule has 10 heteroatoms. The Bertz CT molecular complexity index is 786. The number of hydrogen-bond acceptors (Lipinski definition) is 6. The molecule has 2 aromatic rings. The van der Waals surface area contributed by atoms with Gasteiger partial charge in [-0.1, -0.05) is 37.9 Å². The Balaban J connectivity index is 1.90. The first-order valence-electron chi connectivity index (χ1n) is 6.94. The number of rotatable bonds is 5. The lowest BCUT2D eigenvalue weighted by molar-refractivity contribution is -0.168. The van der Waals surface area contributed by atoms with Crippen molar-refractivity contribution in [3.8, 4) is 0 Å². The fourth-order valence-electron chi connectivity index (χ4n) is 2.37. The van der Waals surface area contributed by atoms with Gasteiger partial charge in [0.25, 0.3) is 0 Å². The van der Waals surface area contributed by atoms with E-state index in [9.17, 15) is 4.79 Å². The van der Waals surface area contributed by atoms with E-state index >= 15 is 0 Å². The van der Waals surface area contributed by atoms with Crippen LogP contribution in [0.4, 0.5) is 10.6 Å². The highest BCUT2D eigenvalue weighted by Crippen LogP contribution is 2.33. The standard InChI is InChI=1S/C14H13Br2ClN4O3/c15-10(16)7-1-2-9-8(3-7)11(21-12(17)20-9)19-4-14(5-23-6-14)24-13(18)22/h1-3,10H,4-6H2,(H2,18,22)(H,19,20,21). The molecule has 0 unspecified atom stereocenters. The van der Waals surface area contributed by atoms with Gasteiger partial charge in [-0.3, -0.25) is 0 Å². The molecule has 1 aromatic heterocycles. The maximum absolute atomic E-state index is 11.1. The Kier molecular flexibility index (Phi) is 5.14. The molecule has 0 saturated carbocycles. The molecule has 1 saturated heterocycles. The van der Waals surface area contributed by atoms with Crippen molar-refractivity contribution >= 4 is 66.3 Å². The summed E-state index contributed by atoms with van der Waals surface area (Å²) >= 11 is 12.9. The third-order valence-corrected chi connectivity index (χ3v) is 4.80. The first kappa shape index (κ1) is 17.7. The molecule has 0 aliphatic carbocycles. The van der Waals surface area contributed by atoms with Gasteiger partial charge in [0.2, 0.25) is 5.28 Å². The van der Waals surface area contributed by atoms with E-state index < -0.39 is 11.7 Å². The Morgan fingerprint density at radius 2 is 2.21 bits per heavy atom. The highest BCUT2D eigenvalue weighted by Gasteiger charge is 2.42. The third kappa shape index (κ3) is 3.74. The number of amides is 1. The summed E-state index contributed by atoms with van der Waals surface area (Å²) in [6, 6.07) is 5.74. The van der Waals surface area contributed by atoms with Gasteiger partial charge in [-0.2, -0.15) is 0 Å². The van der Waals surface area contributed by atoms with E-state index in [0.29, 0.717) is 17.9 Å². The second-order valence-electron chi connectivity index (χ2n) is 5.37. The number of carbonyl (C=O) groups excluding carboxylic acids is 1. The molecule has 1 aliphatic rings. The van der Waals surface area contributed by atoms with Gasteiger partial charge >= 0.3 is 6.09 Å². The van der Waals surface area contributed by atoms with Gasteiger partial charge in [-0.05, 0) is 29.3 Å². The summed E-state index contributed by atoms with van der Waals surface area (Å²) in [5, 5.41) is 4.09. The monoisotopic (exact) mass is 478 g/mol. The van der Waals surface area contributed by atoms with Crippen LogP contribution in [0, 0.1) is 0 Å². The lowest BCUT2D eigenvalue weighted by Crippen LogP contribution is -2.58. The average Bonchev–Trinajstić information content (AvgIpc) is 2.48. The predicted octanol–water partition coefficient (Wildman–Crippen LogP) is 3.35. The van der Waals surface area contributed by atoms with E-state index in [0.717, 1.165) is 10.9 Å². The second-order valence-corrected chi connectivity index (χ2v) is 8.77. The van der Waals surface area contributed by atoms with Crippen LogP contribution in [0.3, 0.4) is 0 Å². The van der Waals surface area contributed by atoms with E-state index in [-0.39, 0.29) is 22.2 Å². The van der Waals surface area contributed by atoms with Crippen molar-refractivity contribution in [3.05, 3.63) is 29.0 Å². The molecule has 7 nitrogen and oxygen atoms in total. The number of carbonyl (C=O) groups is 1. The van der Waals surface area contributed by atoms with Gasteiger partial charge in [0, 0.05) is 5.39 Å². The minimum Gasteiger partial charge on any atom is -0.436 e. The molecule has 2 heterocycles. The van der Waals surface area contributed by atoms with Crippen LogP contribution in [0.15, 0.2) is 18.2 Å². The molecule has 0 radical (unpaired) electrons. The van der Waals surface area contributed by atoms with E-state index in [4.69, 9.17) is 26.8 Å². The molecule has 1 aliphatic heterocycles. The minimum atomic E-state index is -0.839. The number of benzene rings is 1. The largest absolute Gasteiger partial charge is 0.436 e. The van der Waals surface area contributed by atoms with Crippen molar-refractivity contribution in [1.82, 2.24) is 9.97 Å². The SMILES string of the molecule is NC(=O)OC1(CNc2nc(Cl)nc3ccc(C(Br)Br)cc23)COC1. The normalized spacial score (nSPS) is 16.0. The zero-order chi connectivity index (χ0) is 17.3. The number of aromatic nitrogens is 2. The number of nitrogens with zero attached hydrogens (tertiary/aromatic N) is 2. The summed E-state index contributed by atoms with van der Waals surface area (Å²) in [5.41, 5.74) is 6.04. The topological polar surface area (TPSA) is 99.4 Å². The molecule has 3 N–H and O–H groups in total. The van der Waals surface area contributed by atoms with Crippen LogP contribution in [0.5, 0.6) is 0 Å². The first-order valence-corrected chi connectivity index (χ1v) is 9.15. The summed E-state index contributed by atoms with van der Waals surface area (Å²) < 4.78 is 10.3. The van der Waals surface area contributed by atoms with Crippen LogP contribution in [0.1, 0.15) is 9.30 Å².